The second-order valence-corrected chi connectivity index (χ2v) is 4.77. The molecule has 0 unspecified atom stereocenters. The average molecular weight is 270 g/mol. The number of hydrogen-bond acceptors (Lipinski definition) is 4. The normalized spacial score (nSPS) is 14.4. The summed E-state index contributed by atoms with van der Waals surface area (Å²) in [5.41, 5.74) is 1.55. The molecule has 5 nitrogen and oxygen atoms in total. The molecule has 0 bridgehead atoms. The number of nitrogens with one attached hydrogen (secondary N) is 2. The predicted octanol–water partition coefficient (Wildman–Crippen LogP) is 2.20. The lowest BCUT2D eigenvalue weighted by Gasteiger charge is -2.14. The molecule has 1 aliphatic carbocycles. The highest BCUT2D eigenvalue weighted by atomic mass is 35.5. The Balaban J connectivity index is 2.21. The Hall–Kier alpha value is -1.33. The monoisotopic (exact) mass is 269 g/mol. The number of ether oxygens (including phenoxy) is 1. The van der Waals surface area contributed by atoms with Crippen molar-refractivity contribution >= 4 is 29.0 Å². The summed E-state index contributed by atoms with van der Waals surface area (Å²) in [4.78, 5) is 15.8. The molecule has 1 fully saturated rings. The minimum Gasteiger partial charge on any atom is -0.375 e. The summed E-state index contributed by atoms with van der Waals surface area (Å²) >= 11 is 5.94. The number of carbonyl (C=O) groups excluding carboxylic acids is 1. The van der Waals surface area contributed by atoms with Gasteiger partial charge < -0.3 is 15.4 Å². The van der Waals surface area contributed by atoms with Gasteiger partial charge in [0.25, 0.3) is 0 Å². The standard InChI is InChI=1S/C12H16ClN3O2/c1-7-5-9(13)15-12(14-8-3-4-8)11(7)16-10(17)6-18-2/h5,8H,3-4,6H2,1-2H3,(H,14,15)(H,16,17). The largest absolute Gasteiger partial charge is 0.375 e. The van der Waals surface area contributed by atoms with Gasteiger partial charge in [-0.2, -0.15) is 0 Å². The Morgan fingerprint density at radius 2 is 2.33 bits per heavy atom. The highest BCUT2D eigenvalue weighted by Gasteiger charge is 2.24. The first-order chi connectivity index (χ1) is 8.60. The fourth-order valence-corrected chi connectivity index (χ4v) is 1.87. The third-order valence-electron chi connectivity index (χ3n) is 2.64. The summed E-state index contributed by atoms with van der Waals surface area (Å²) in [6, 6.07) is 2.16. The number of halogens is 1. The summed E-state index contributed by atoms with van der Waals surface area (Å²) in [6.07, 6.45) is 2.25. The molecular weight excluding hydrogens is 254 g/mol. The number of pyridine rings is 1. The molecule has 0 spiro atoms. The maximum atomic E-state index is 11.6. The van der Waals surface area contributed by atoms with Gasteiger partial charge in [0.15, 0.2) is 5.82 Å². The van der Waals surface area contributed by atoms with Gasteiger partial charge in [0.1, 0.15) is 11.8 Å². The molecule has 18 heavy (non-hydrogen) atoms. The summed E-state index contributed by atoms with van der Waals surface area (Å²) in [5.74, 6) is 0.426. The van der Waals surface area contributed by atoms with Gasteiger partial charge in [0.05, 0.1) is 5.69 Å². The van der Waals surface area contributed by atoms with Crippen molar-refractivity contribution in [1.29, 1.82) is 0 Å². The van der Waals surface area contributed by atoms with Crippen molar-refractivity contribution in [3.8, 4) is 0 Å². The van der Waals surface area contributed by atoms with Crippen LogP contribution in [0.3, 0.4) is 0 Å². The smallest absolute Gasteiger partial charge is 0.250 e. The van der Waals surface area contributed by atoms with E-state index in [2.05, 4.69) is 15.6 Å². The maximum absolute atomic E-state index is 11.6. The lowest BCUT2D eigenvalue weighted by atomic mass is 10.2. The molecule has 2 N–H and O–H groups in total. The van der Waals surface area contributed by atoms with Crippen molar-refractivity contribution in [2.75, 3.05) is 24.4 Å². The molecule has 6 heteroatoms. The van der Waals surface area contributed by atoms with Gasteiger partial charge in [0.2, 0.25) is 5.91 Å². The zero-order valence-electron chi connectivity index (χ0n) is 10.4. The molecule has 2 rings (SSSR count). The molecule has 1 aliphatic rings. The van der Waals surface area contributed by atoms with E-state index in [0.29, 0.717) is 22.7 Å². The highest BCUT2D eigenvalue weighted by Crippen LogP contribution is 2.31. The van der Waals surface area contributed by atoms with Crippen LogP contribution >= 0.6 is 11.6 Å². The van der Waals surface area contributed by atoms with Crippen molar-refractivity contribution in [2.45, 2.75) is 25.8 Å². The van der Waals surface area contributed by atoms with Crippen molar-refractivity contribution in [3.05, 3.63) is 16.8 Å². The fraction of sp³-hybridized carbons (Fsp3) is 0.500. The molecule has 0 aliphatic heterocycles. The third-order valence-corrected chi connectivity index (χ3v) is 2.84. The van der Waals surface area contributed by atoms with E-state index in [1.807, 2.05) is 6.92 Å². The molecule has 1 saturated carbocycles. The summed E-state index contributed by atoms with van der Waals surface area (Å²) < 4.78 is 4.79. The van der Waals surface area contributed by atoms with E-state index in [9.17, 15) is 4.79 Å². The van der Waals surface area contributed by atoms with E-state index >= 15 is 0 Å². The molecule has 0 aromatic carbocycles. The number of amides is 1. The average Bonchev–Trinajstić information content (AvgIpc) is 3.07. The van der Waals surface area contributed by atoms with E-state index in [1.54, 1.807) is 6.07 Å². The molecule has 1 amide bonds. The first-order valence-corrected chi connectivity index (χ1v) is 6.20. The van der Waals surface area contributed by atoms with Crippen molar-refractivity contribution in [3.63, 3.8) is 0 Å². The van der Waals surface area contributed by atoms with Crippen LogP contribution in [-0.4, -0.2) is 30.6 Å². The fourth-order valence-electron chi connectivity index (χ4n) is 1.62. The van der Waals surface area contributed by atoms with Crippen LogP contribution in [0.25, 0.3) is 0 Å². The van der Waals surface area contributed by atoms with Crippen LogP contribution in [0.4, 0.5) is 11.5 Å². The van der Waals surface area contributed by atoms with Gasteiger partial charge in [-0.3, -0.25) is 4.79 Å². The molecule has 0 saturated heterocycles. The number of anilines is 2. The predicted molar refractivity (Wildman–Crippen MR) is 71.1 cm³/mol. The highest BCUT2D eigenvalue weighted by molar-refractivity contribution is 6.29. The maximum Gasteiger partial charge on any atom is 0.250 e. The van der Waals surface area contributed by atoms with Gasteiger partial charge in [-0.15, -0.1) is 0 Å². The van der Waals surface area contributed by atoms with Crippen LogP contribution in [0, 0.1) is 6.92 Å². The molecule has 1 heterocycles. The molecule has 98 valence electrons. The van der Waals surface area contributed by atoms with E-state index in [0.717, 1.165) is 18.4 Å². The zero-order valence-corrected chi connectivity index (χ0v) is 11.2. The van der Waals surface area contributed by atoms with Crippen LogP contribution in [0.15, 0.2) is 6.07 Å². The van der Waals surface area contributed by atoms with Crippen LogP contribution in [0.5, 0.6) is 0 Å². The lowest BCUT2D eigenvalue weighted by molar-refractivity contribution is -0.119. The lowest BCUT2D eigenvalue weighted by Crippen LogP contribution is -2.20. The number of methoxy groups -OCH3 is 1. The molecular formula is C12H16ClN3O2. The van der Waals surface area contributed by atoms with E-state index < -0.39 is 0 Å². The number of rotatable bonds is 5. The topological polar surface area (TPSA) is 63.2 Å². The third kappa shape index (κ3) is 3.34. The van der Waals surface area contributed by atoms with Gasteiger partial charge in [-0.05, 0) is 31.4 Å². The van der Waals surface area contributed by atoms with Crippen LogP contribution in [0.2, 0.25) is 5.15 Å². The van der Waals surface area contributed by atoms with Gasteiger partial charge in [-0.25, -0.2) is 4.98 Å². The van der Waals surface area contributed by atoms with Crippen LogP contribution in [0.1, 0.15) is 18.4 Å². The Labute approximate surface area is 111 Å². The molecule has 0 radical (unpaired) electrons. The van der Waals surface area contributed by atoms with Crippen molar-refractivity contribution in [2.24, 2.45) is 0 Å². The van der Waals surface area contributed by atoms with E-state index in [1.165, 1.54) is 7.11 Å². The number of hydrogen-bond donors (Lipinski definition) is 2. The Bertz CT molecular complexity index is 461. The minimum absolute atomic E-state index is 0.0188. The number of aryl methyl sites for hydroxylation is 1. The number of aromatic nitrogens is 1. The van der Waals surface area contributed by atoms with Crippen LogP contribution in [-0.2, 0) is 9.53 Å². The second-order valence-electron chi connectivity index (χ2n) is 4.39. The van der Waals surface area contributed by atoms with Crippen molar-refractivity contribution in [1.82, 2.24) is 4.98 Å². The number of carbonyl (C=O) groups is 1. The Morgan fingerprint density at radius 3 is 2.94 bits per heavy atom. The van der Waals surface area contributed by atoms with Gasteiger partial charge in [-0.1, -0.05) is 11.6 Å². The van der Waals surface area contributed by atoms with E-state index in [4.69, 9.17) is 16.3 Å². The van der Waals surface area contributed by atoms with E-state index in [-0.39, 0.29) is 12.5 Å². The first-order valence-electron chi connectivity index (χ1n) is 5.82. The zero-order chi connectivity index (χ0) is 13.1. The Kier molecular flexibility index (Phi) is 4.04. The van der Waals surface area contributed by atoms with Gasteiger partial charge >= 0.3 is 0 Å². The summed E-state index contributed by atoms with van der Waals surface area (Å²) in [5, 5.41) is 6.47. The Morgan fingerprint density at radius 1 is 1.61 bits per heavy atom. The van der Waals surface area contributed by atoms with Crippen LogP contribution < -0.4 is 10.6 Å². The minimum atomic E-state index is -0.205. The number of nitrogens with zero attached hydrogens (tertiary/aromatic N) is 1. The second kappa shape index (κ2) is 5.54. The molecule has 1 aromatic rings. The summed E-state index contributed by atoms with van der Waals surface area (Å²) in [6.45, 7) is 1.90. The first kappa shape index (κ1) is 13.1. The van der Waals surface area contributed by atoms with Gasteiger partial charge in [0, 0.05) is 13.2 Å². The summed E-state index contributed by atoms with van der Waals surface area (Å²) in [7, 11) is 1.48. The molecule has 0 atom stereocenters. The SMILES string of the molecule is COCC(=O)Nc1c(C)cc(Cl)nc1NC1CC1. The quantitative estimate of drug-likeness (QED) is 0.805. The van der Waals surface area contributed by atoms with Crippen molar-refractivity contribution < 1.29 is 9.53 Å². The molecule has 1 aromatic heterocycles.